The molecule has 5 heteroatoms. The summed E-state index contributed by atoms with van der Waals surface area (Å²) in [5, 5.41) is 5.59. The number of ether oxygens (including phenoxy) is 1. The molecule has 2 aromatic rings. The minimum absolute atomic E-state index is 0.206. The average molecular weight is 312 g/mol. The van der Waals surface area contributed by atoms with Gasteiger partial charge in [-0.25, -0.2) is 0 Å². The van der Waals surface area contributed by atoms with Crippen molar-refractivity contribution in [2.24, 2.45) is 0 Å². The second-order valence-corrected chi connectivity index (χ2v) is 4.96. The Morgan fingerprint density at radius 3 is 2.30 bits per heavy atom. The molecule has 0 saturated heterocycles. The molecule has 0 aliphatic rings. The SMILES string of the molecule is CCCNC(=O)c1ccccc1NC(=O)c1ccccc1OC. The Morgan fingerprint density at radius 1 is 0.957 bits per heavy atom. The monoisotopic (exact) mass is 312 g/mol. The first kappa shape index (κ1) is 16.5. The van der Waals surface area contributed by atoms with Crippen LogP contribution in [-0.4, -0.2) is 25.5 Å². The molecule has 0 spiro atoms. The van der Waals surface area contributed by atoms with E-state index < -0.39 is 0 Å². The van der Waals surface area contributed by atoms with Crippen LogP contribution in [0.3, 0.4) is 0 Å². The smallest absolute Gasteiger partial charge is 0.259 e. The van der Waals surface area contributed by atoms with Crippen molar-refractivity contribution in [2.45, 2.75) is 13.3 Å². The van der Waals surface area contributed by atoms with Gasteiger partial charge >= 0.3 is 0 Å². The molecule has 0 saturated carbocycles. The minimum atomic E-state index is -0.321. The molecule has 2 rings (SSSR count). The van der Waals surface area contributed by atoms with E-state index in [0.717, 1.165) is 6.42 Å². The summed E-state index contributed by atoms with van der Waals surface area (Å²) in [5.41, 5.74) is 1.32. The van der Waals surface area contributed by atoms with Crippen LogP contribution in [0.2, 0.25) is 0 Å². The van der Waals surface area contributed by atoms with Gasteiger partial charge in [-0.15, -0.1) is 0 Å². The lowest BCUT2D eigenvalue weighted by atomic mass is 10.1. The van der Waals surface area contributed by atoms with Crippen molar-refractivity contribution in [1.29, 1.82) is 0 Å². The fourth-order valence-electron chi connectivity index (χ4n) is 2.15. The standard InChI is InChI=1S/C18H20N2O3/c1-3-12-19-17(21)13-8-4-6-10-15(13)20-18(22)14-9-5-7-11-16(14)23-2/h4-11H,3,12H2,1-2H3,(H,19,21)(H,20,22). The predicted octanol–water partition coefficient (Wildman–Crippen LogP) is 3.09. The van der Waals surface area contributed by atoms with Gasteiger partial charge in [0.25, 0.3) is 11.8 Å². The number of para-hydroxylation sites is 2. The molecule has 0 bridgehead atoms. The number of amides is 2. The Balaban J connectivity index is 2.23. The van der Waals surface area contributed by atoms with Gasteiger partial charge in [-0.2, -0.15) is 0 Å². The first-order chi connectivity index (χ1) is 11.2. The number of rotatable bonds is 6. The van der Waals surface area contributed by atoms with Crippen molar-refractivity contribution >= 4 is 17.5 Å². The summed E-state index contributed by atoms with van der Waals surface area (Å²) in [6.45, 7) is 2.57. The molecule has 0 radical (unpaired) electrons. The van der Waals surface area contributed by atoms with Crippen molar-refractivity contribution in [3.05, 3.63) is 59.7 Å². The van der Waals surface area contributed by atoms with E-state index in [2.05, 4.69) is 10.6 Å². The molecule has 23 heavy (non-hydrogen) atoms. The maximum absolute atomic E-state index is 12.5. The topological polar surface area (TPSA) is 67.4 Å². The average Bonchev–Trinajstić information content (AvgIpc) is 2.60. The van der Waals surface area contributed by atoms with Gasteiger partial charge in [0.1, 0.15) is 5.75 Å². The number of hydrogen-bond donors (Lipinski definition) is 2. The van der Waals surface area contributed by atoms with Crippen LogP contribution >= 0.6 is 0 Å². The van der Waals surface area contributed by atoms with Gasteiger partial charge in [0.15, 0.2) is 0 Å². The Hall–Kier alpha value is -2.82. The highest BCUT2D eigenvalue weighted by molar-refractivity contribution is 6.10. The van der Waals surface area contributed by atoms with Crippen molar-refractivity contribution in [3.63, 3.8) is 0 Å². The number of benzene rings is 2. The van der Waals surface area contributed by atoms with Crippen LogP contribution in [0.5, 0.6) is 5.75 Å². The summed E-state index contributed by atoms with van der Waals surface area (Å²) >= 11 is 0. The lowest BCUT2D eigenvalue weighted by Gasteiger charge is -2.12. The third-order valence-corrected chi connectivity index (χ3v) is 3.31. The zero-order valence-corrected chi connectivity index (χ0v) is 13.3. The van der Waals surface area contributed by atoms with Crippen LogP contribution in [0, 0.1) is 0 Å². The van der Waals surface area contributed by atoms with Gasteiger partial charge in [0.05, 0.1) is 23.9 Å². The first-order valence-corrected chi connectivity index (χ1v) is 7.49. The molecule has 0 atom stereocenters. The van der Waals surface area contributed by atoms with Gasteiger partial charge in [-0.1, -0.05) is 31.2 Å². The van der Waals surface area contributed by atoms with Gasteiger partial charge in [-0.3, -0.25) is 9.59 Å². The van der Waals surface area contributed by atoms with E-state index in [1.165, 1.54) is 7.11 Å². The molecular weight excluding hydrogens is 292 g/mol. The largest absolute Gasteiger partial charge is 0.496 e. The van der Waals surface area contributed by atoms with Gasteiger partial charge in [-0.05, 0) is 30.7 Å². The number of hydrogen-bond acceptors (Lipinski definition) is 3. The molecule has 2 N–H and O–H groups in total. The van der Waals surface area contributed by atoms with Crippen LogP contribution < -0.4 is 15.4 Å². The van der Waals surface area contributed by atoms with Gasteiger partial charge in [0.2, 0.25) is 0 Å². The Labute approximate surface area is 135 Å². The fourth-order valence-corrected chi connectivity index (χ4v) is 2.15. The highest BCUT2D eigenvalue weighted by Crippen LogP contribution is 2.21. The number of carbonyl (C=O) groups excluding carboxylic acids is 2. The van der Waals surface area contributed by atoms with Crippen LogP contribution in [-0.2, 0) is 0 Å². The third-order valence-electron chi connectivity index (χ3n) is 3.31. The van der Waals surface area contributed by atoms with E-state index in [4.69, 9.17) is 4.74 Å². The zero-order chi connectivity index (χ0) is 16.7. The summed E-state index contributed by atoms with van der Waals surface area (Å²) in [6.07, 6.45) is 0.849. The molecule has 0 aromatic heterocycles. The van der Waals surface area contributed by atoms with Crippen LogP contribution in [0.15, 0.2) is 48.5 Å². The second kappa shape index (κ2) is 7.98. The van der Waals surface area contributed by atoms with Crippen molar-refractivity contribution in [2.75, 3.05) is 19.0 Å². The lowest BCUT2D eigenvalue weighted by Crippen LogP contribution is -2.25. The highest BCUT2D eigenvalue weighted by Gasteiger charge is 2.16. The van der Waals surface area contributed by atoms with E-state index in [0.29, 0.717) is 29.1 Å². The van der Waals surface area contributed by atoms with E-state index >= 15 is 0 Å². The highest BCUT2D eigenvalue weighted by atomic mass is 16.5. The summed E-state index contributed by atoms with van der Waals surface area (Å²) in [4.78, 5) is 24.6. The maximum atomic E-state index is 12.5. The molecule has 120 valence electrons. The number of nitrogens with one attached hydrogen (secondary N) is 2. The molecule has 0 aliphatic carbocycles. The maximum Gasteiger partial charge on any atom is 0.259 e. The predicted molar refractivity (Wildman–Crippen MR) is 90.0 cm³/mol. The van der Waals surface area contributed by atoms with Crippen molar-refractivity contribution in [1.82, 2.24) is 5.32 Å². The third kappa shape index (κ3) is 4.10. The molecule has 0 unspecified atom stereocenters. The Morgan fingerprint density at radius 2 is 1.61 bits per heavy atom. The van der Waals surface area contributed by atoms with E-state index in [9.17, 15) is 9.59 Å². The van der Waals surface area contributed by atoms with E-state index in [-0.39, 0.29) is 11.8 Å². The number of carbonyl (C=O) groups is 2. The summed E-state index contributed by atoms with van der Waals surface area (Å²) in [6, 6.07) is 13.9. The lowest BCUT2D eigenvalue weighted by molar-refractivity contribution is 0.0954. The van der Waals surface area contributed by atoms with Crippen LogP contribution in [0.25, 0.3) is 0 Å². The zero-order valence-electron chi connectivity index (χ0n) is 13.3. The summed E-state index contributed by atoms with van der Waals surface area (Å²) in [7, 11) is 1.51. The Kier molecular flexibility index (Phi) is 5.74. The molecule has 0 fully saturated rings. The quantitative estimate of drug-likeness (QED) is 0.861. The normalized spacial score (nSPS) is 10.0. The molecule has 5 nitrogen and oxygen atoms in total. The molecular formula is C18H20N2O3. The van der Waals surface area contributed by atoms with Crippen LogP contribution in [0.4, 0.5) is 5.69 Å². The van der Waals surface area contributed by atoms with Gasteiger partial charge in [0, 0.05) is 6.54 Å². The summed E-state index contributed by atoms with van der Waals surface area (Å²) < 4.78 is 5.19. The van der Waals surface area contributed by atoms with E-state index in [1.807, 2.05) is 6.92 Å². The number of anilines is 1. The molecule has 0 aliphatic heterocycles. The second-order valence-electron chi connectivity index (χ2n) is 4.96. The first-order valence-electron chi connectivity index (χ1n) is 7.49. The van der Waals surface area contributed by atoms with Crippen molar-refractivity contribution < 1.29 is 14.3 Å². The van der Waals surface area contributed by atoms with Gasteiger partial charge < -0.3 is 15.4 Å². The summed E-state index contributed by atoms with van der Waals surface area (Å²) in [5.74, 6) is -0.0427. The fraction of sp³-hybridized carbons (Fsp3) is 0.222. The molecule has 0 heterocycles. The molecule has 2 aromatic carbocycles. The number of methoxy groups -OCH3 is 1. The Bertz CT molecular complexity index is 698. The van der Waals surface area contributed by atoms with E-state index in [1.54, 1.807) is 48.5 Å². The molecule has 2 amide bonds. The minimum Gasteiger partial charge on any atom is -0.496 e. The van der Waals surface area contributed by atoms with Crippen molar-refractivity contribution in [3.8, 4) is 5.75 Å². The van der Waals surface area contributed by atoms with Crippen LogP contribution in [0.1, 0.15) is 34.1 Å².